The summed E-state index contributed by atoms with van der Waals surface area (Å²) in [4.78, 5) is 30.5. The van der Waals surface area contributed by atoms with Crippen molar-refractivity contribution < 1.29 is 35.9 Å². The first-order valence-electron chi connectivity index (χ1n) is 8.52. The molecule has 0 saturated carbocycles. The summed E-state index contributed by atoms with van der Waals surface area (Å²) in [5, 5.41) is 0. The minimum absolute atomic E-state index is 0.0345. The number of carbonyl (C=O) groups excluding carboxylic acids is 2. The number of alkyl halides is 3. The van der Waals surface area contributed by atoms with Crippen LogP contribution in [0.3, 0.4) is 0 Å². The average Bonchev–Trinajstić information content (AvgIpc) is 2.90. The lowest BCUT2D eigenvalue weighted by molar-refractivity contribution is -0.119. The maximum atomic E-state index is 12.8. The van der Waals surface area contributed by atoms with Crippen LogP contribution in [0.4, 0.5) is 23.7 Å². The first-order valence-corrected chi connectivity index (χ1v) is 10.0. The number of sulfone groups is 1. The monoisotopic (exact) mass is 443 g/mol. The first-order chi connectivity index (χ1) is 14.0. The predicted molar refractivity (Wildman–Crippen MR) is 98.4 cm³/mol. The fourth-order valence-electron chi connectivity index (χ4n) is 2.92. The molecule has 1 aliphatic rings. The van der Waals surface area contributed by atoms with Gasteiger partial charge in [0.2, 0.25) is 5.88 Å². The van der Waals surface area contributed by atoms with Crippen molar-refractivity contribution in [3.05, 3.63) is 48.2 Å². The predicted octanol–water partition coefficient (Wildman–Crippen LogP) is 2.74. The van der Waals surface area contributed by atoms with Crippen molar-refractivity contribution >= 4 is 27.5 Å². The fourth-order valence-corrected chi connectivity index (χ4v) is 3.68. The van der Waals surface area contributed by atoms with Crippen LogP contribution in [-0.4, -0.2) is 48.9 Å². The zero-order valence-electron chi connectivity index (χ0n) is 15.8. The van der Waals surface area contributed by atoms with E-state index in [1.54, 1.807) is 12.1 Å². The summed E-state index contributed by atoms with van der Waals surface area (Å²) in [6.45, 7) is 1.59. The molecule has 2 heterocycles. The molecule has 0 aliphatic carbocycles. The Kier molecular flexibility index (Phi) is 5.46. The van der Waals surface area contributed by atoms with Crippen LogP contribution in [0.25, 0.3) is 0 Å². The number of aromatic nitrogens is 1. The quantitative estimate of drug-likeness (QED) is 0.660. The number of carbonyl (C=O) groups is 2. The van der Waals surface area contributed by atoms with Crippen LogP contribution in [0, 0.1) is 0 Å². The first kappa shape index (κ1) is 21.6. The Morgan fingerprint density at radius 3 is 2.33 bits per heavy atom. The third-order valence-corrected chi connectivity index (χ3v) is 6.06. The highest BCUT2D eigenvalue weighted by Crippen LogP contribution is 2.32. The number of rotatable bonds is 5. The summed E-state index contributed by atoms with van der Waals surface area (Å²) >= 11 is 0. The van der Waals surface area contributed by atoms with Gasteiger partial charge in [-0.15, -0.1) is 0 Å². The van der Waals surface area contributed by atoms with Gasteiger partial charge < -0.3 is 9.64 Å². The van der Waals surface area contributed by atoms with E-state index in [4.69, 9.17) is 4.74 Å². The van der Waals surface area contributed by atoms with E-state index in [0.717, 1.165) is 17.0 Å². The molecule has 2 aromatic rings. The Bertz CT molecular complexity index is 1090. The van der Waals surface area contributed by atoms with E-state index in [0.29, 0.717) is 23.6 Å². The molecule has 0 bridgehead atoms. The standard InChI is InChI=1S/C18H16F3N3O5S/c1-11-16(25)24(13-3-5-14(6-4-13)30(27,28)18(19,20)21)17(26)23(11)10-12-7-8-22-15(9-12)29-2/h3-9,11H,10H2,1-2H3. The lowest BCUT2D eigenvalue weighted by Gasteiger charge is -2.19. The number of anilines is 1. The molecule has 30 heavy (non-hydrogen) atoms. The molecule has 3 rings (SSSR count). The zero-order chi connectivity index (χ0) is 22.3. The molecule has 0 N–H and O–H groups in total. The molecule has 1 fully saturated rings. The third kappa shape index (κ3) is 3.70. The van der Waals surface area contributed by atoms with Gasteiger partial charge in [-0.25, -0.2) is 23.1 Å². The Morgan fingerprint density at radius 2 is 1.77 bits per heavy atom. The van der Waals surface area contributed by atoms with Crippen molar-refractivity contribution in [2.45, 2.75) is 29.9 Å². The maximum absolute atomic E-state index is 12.8. The van der Waals surface area contributed by atoms with Crippen molar-refractivity contribution in [1.29, 1.82) is 0 Å². The topological polar surface area (TPSA) is 96.9 Å². The number of imide groups is 1. The average molecular weight is 443 g/mol. The SMILES string of the molecule is COc1cc(CN2C(=O)N(c3ccc(S(=O)(=O)C(F)(F)F)cc3)C(=O)C2C)ccn1. The number of benzene rings is 1. The van der Waals surface area contributed by atoms with Gasteiger partial charge in [-0.05, 0) is 42.8 Å². The fraction of sp³-hybridized carbons (Fsp3) is 0.278. The molecular formula is C18H16F3N3O5S. The smallest absolute Gasteiger partial charge is 0.481 e. The van der Waals surface area contributed by atoms with Crippen LogP contribution in [0.15, 0.2) is 47.5 Å². The second-order valence-electron chi connectivity index (χ2n) is 6.41. The van der Waals surface area contributed by atoms with E-state index in [1.165, 1.54) is 25.1 Å². The zero-order valence-corrected chi connectivity index (χ0v) is 16.6. The molecule has 1 aromatic heterocycles. The lowest BCUT2D eigenvalue weighted by Crippen LogP contribution is -2.33. The third-order valence-electron chi connectivity index (χ3n) is 4.55. The summed E-state index contributed by atoms with van der Waals surface area (Å²) in [5.41, 5.74) is -4.83. The number of hydrogen-bond acceptors (Lipinski definition) is 6. The van der Waals surface area contributed by atoms with E-state index in [9.17, 15) is 31.2 Å². The Labute approximate surface area is 169 Å². The Morgan fingerprint density at radius 1 is 1.13 bits per heavy atom. The van der Waals surface area contributed by atoms with E-state index < -0.39 is 38.2 Å². The molecule has 1 atom stereocenters. The number of halogens is 3. The van der Waals surface area contributed by atoms with Crippen LogP contribution in [0.5, 0.6) is 5.88 Å². The maximum Gasteiger partial charge on any atom is 0.501 e. The van der Waals surface area contributed by atoms with Crippen LogP contribution < -0.4 is 9.64 Å². The van der Waals surface area contributed by atoms with Crippen molar-refractivity contribution in [2.75, 3.05) is 12.0 Å². The molecule has 12 heteroatoms. The van der Waals surface area contributed by atoms with Gasteiger partial charge in [0.15, 0.2) is 0 Å². The summed E-state index contributed by atoms with van der Waals surface area (Å²) < 4.78 is 66.0. The van der Waals surface area contributed by atoms with Crippen molar-refractivity contribution in [3.63, 3.8) is 0 Å². The largest absolute Gasteiger partial charge is 0.501 e. The molecule has 0 radical (unpaired) electrons. The summed E-state index contributed by atoms with van der Waals surface area (Å²) in [5.74, 6) is -0.260. The van der Waals surface area contributed by atoms with Crippen LogP contribution in [0.2, 0.25) is 0 Å². The van der Waals surface area contributed by atoms with Crippen LogP contribution in [0.1, 0.15) is 12.5 Å². The van der Waals surface area contributed by atoms with Gasteiger partial charge in [-0.1, -0.05) is 0 Å². The number of urea groups is 1. The summed E-state index contributed by atoms with van der Waals surface area (Å²) in [7, 11) is -4.10. The van der Waals surface area contributed by atoms with E-state index >= 15 is 0 Å². The number of amides is 3. The van der Waals surface area contributed by atoms with Crippen LogP contribution in [-0.2, 0) is 21.2 Å². The molecular weight excluding hydrogens is 427 g/mol. The summed E-state index contributed by atoms with van der Waals surface area (Å²) in [6.07, 6.45) is 1.48. The molecule has 1 saturated heterocycles. The minimum atomic E-state index is -5.53. The van der Waals surface area contributed by atoms with Crippen molar-refractivity contribution in [3.8, 4) is 5.88 Å². The minimum Gasteiger partial charge on any atom is -0.481 e. The van der Waals surface area contributed by atoms with Gasteiger partial charge in [0.25, 0.3) is 15.7 Å². The number of methoxy groups -OCH3 is 1. The van der Waals surface area contributed by atoms with Gasteiger partial charge in [-0.3, -0.25) is 4.79 Å². The molecule has 8 nitrogen and oxygen atoms in total. The second kappa shape index (κ2) is 7.59. The number of hydrogen-bond donors (Lipinski definition) is 0. The molecule has 1 aliphatic heterocycles. The molecule has 1 unspecified atom stereocenters. The highest BCUT2D eigenvalue weighted by atomic mass is 32.2. The van der Waals surface area contributed by atoms with E-state index in [1.807, 2.05) is 0 Å². The van der Waals surface area contributed by atoms with Gasteiger partial charge in [0, 0.05) is 18.8 Å². The molecule has 160 valence electrons. The number of nitrogens with zero attached hydrogens (tertiary/aromatic N) is 3. The molecule has 3 amide bonds. The van der Waals surface area contributed by atoms with Gasteiger partial charge in [0.1, 0.15) is 6.04 Å². The van der Waals surface area contributed by atoms with E-state index in [-0.39, 0.29) is 12.2 Å². The van der Waals surface area contributed by atoms with Crippen molar-refractivity contribution in [1.82, 2.24) is 9.88 Å². The Hall–Kier alpha value is -3.15. The highest BCUT2D eigenvalue weighted by Gasteiger charge is 2.47. The van der Waals surface area contributed by atoms with E-state index in [2.05, 4.69) is 4.98 Å². The number of ether oxygens (including phenoxy) is 1. The lowest BCUT2D eigenvalue weighted by atomic mass is 10.2. The van der Waals surface area contributed by atoms with Crippen LogP contribution >= 0.6 is 0 Å². The molecule has 0 spiro atoms. The molecule has 1 aromatic carbocycles. The number of pyridine rings is 1. The van der Waals surface area contributed by atoms with Crippen molar-refractivity contribution in [2.24, 2.45) is 0 Å². The normalized spacial score (nSPS) is 17.6. The second-order valence-corrected chi connectivity index (χ2v) is 8.35. The van der Waals surface area contributed by atoms with Gasteiger partial charge in [-0.2, -0.15) is 13.2 Å². The Balaban J connectivity index is 1.86. The van der Waals surface area contributed by atoms with Gasteiger partial charge in [0.05, 0.1) is 17.7 Å². The van der Waals surface area contributed by atoms with Gasteiger partial charge >= 0.3 is 11.5 Å². The summed E-state index contributed by atoms with van der Waals surface area (Å²) in [6, 6.07) is 5.11. The highest BCUT2D eigenvalue weighted by molar-refractivity contribution is 7.92.